The van der Waals surface area contributed by atoms with Crippen molar-refractivity contribution in [2.45, 2.75) is 25.8 Å². The number of amides is 1. The Kier molecular flexibility index (Phi) is 4.78. The third kappa shape index (κ3) is 3.91. The molecule has 0 bridgehead atoms. The Balaban J connectivity index is 2.40. The number of anilines is 1. The van der Waals surface area contributed by atoms with Crippen LogP contribution in [0.25, 0.3) is 0 Å². The molecule has 2 rings (SSSR count). The van der Waals surface area contributed by atoms with Gasteiger partial charge in [0.1, 0.15) is 5.82 Å². The molecule has 1 N–H and O–H groups in total. The molecule has 1 aromatic heterocycles. The Morgan fingerprint density at radius 2 is 1.80 bits per heavy atom. The number of benzene rings is 1. The Morgan fingerprint density at radius 1 is 1.16 bits per heavy atom. The monoisotopic (exact) mass is 369 g/mol. The predicted octanol–water partition coefficient (Wildman–Crippen LogP) is 4.33. The zero-order valence-corrected chi connectivity index (χ0v) is 12.5. The summed E-state index contributed by atoms with van der Waals surface area (Å²) in [6, 6.07) is 1.20. The number of nitrogens with zero attached hydrogens (tertiary/aromatic N) is 2. The molecule has 1 amide bonds. The van der Waals surface area contributed by atoms with Gasteiger partial charge >= 0.3 is 12.4 Å². The fourth-order valence-electron chi connectivity index (χ4n) is 2.08. The third-order valence-electron chi connectivity index (χ3n) is 3.19. The standard InChI is InChI=1S/C14H10F7N3O/c1-2-24-11(14(19,20)21)8(6-22-24)12(25)23-10-5-7(13(16,17)18)3-4-9(10)15/h3-6H,2H2,1H3,(H,23,25). The first-order valence-corrected chi connectivity index (χ1v) is 6.76. The molecule has 0 saturated carbocycles. The molecule has 0 saturated heterocycles. The maximum Gasteiger partial charge on any atom is 0.433 e. The maximum atomic E-state index is 13.6. The average molecular weight is 369 g/mol. The number of carbonyl (C=O) groups is 1. The summed E-state index contributed by atoms with van der Waals surface area (Å²) < 4.78 is 91.2. The summed E-state index contributed by atoms with van der Waals surface area (Å²) in [7, 11) is 0. The zero-order chi connectivity index (χ0) is 19.0. The van der Waals surface area contributed by atoms with Crippen molar-refractivity contribution in [3.05, 3.63) is 47.0 Å². The minimum Gasteiger partial charge on any atom is -0.319 e. The topological polar surface area (TPSA) is 46.9 Å². The van der Waals surface area contributed by atoms with Gasteiger partial charge in [-0.05, 0) is 25.1 Å². The molecular weight excluding hydrogens is 359 g/mol. The number of aromatic nitrogens is 2. The van der Waals surface area contributed by atoms with Crippen LogP contribution in [0.5, 0.6) is 0 Å². The number of alkyl halides is 6. The summed E-state index contributed by atoms with van der Waals surface area (Å²) in [4.78, 5) is 12.0. The lowest BCUT2D eigenvalue weighted by molar-refractivity contribution is -0.144. The number of nitrogens with one attached hydrogen (secondary N) is 1. The molecule has 4 nitrogen and oxygen atoms in total. The molecule has 0 aliphatic heterocycles. The van der Waals surface area contributed by atoms with Gasteiger partial charge in [0.2, 0.25) is 0 Å². The van der Waals surface area contributed by atoms with E-state index in [4.69, 9.17) is 0 Å². The van der Waals surface area contributed by atoms with Crippen LogP contribution in [0.15, 0.2) is 24.4 Å². The van der Waals surface area contributed by atoms with E-state index in [-0.39, 0.29) is 6.54 Å². The van der Waals surface area contributed by atoms with Crippen LogP contribution in [0.4, 0.5) is 36.4 Å². The maximum absolute atomic E-state index is 13.6. The third-order valence-corrected chi connectivity index (χ3v) is 3.19. The predicted molar refractivity (Wildman–Crippen MR) is 72.3 cm³/mol. The van der Waals surface area contributed by atoms with Gasteiger partial charge in [-0.25, -0.2) is 4.39 Å². The van der Waals surface area contributed by atoms with Crippen LogP contribution in [-0.4, -0.2) is 15.7 Å². The fourth-order valence-corrected chi connectivity index (χ4v) is 2.08. The molecule has 0 atom stereocenters. The largest absolute Gasteiger partial charge is 0.433 e. The van der Waals surface area contributed by atoms with Crippen LogP contribution in [0.3, 0.4) is 0 Å². The Hall–Kier alpha value is -2.59. The van der Waals surface area contributed by atoms with Gasteiger partial charge in [0.25, 0.3) is 5.91 Å². The SMILES string of the molecule is CCn1ncc(C(=O)Nc2cc(C(F)(F)F)ccc2F)c1C(F)(F)F. The molecule has 136 valence electrons. The van der Waals surface area contributed by atoms with Crippen molar-refractivity contribution in [3.63, 3.8) is 0 Å². The Bertz CT molecular complexity index is 793. The summed E-state index contributed by atoms with van der Waals surface area (Å²) in [5.41, 5.74) is -4.45. The van der Waals surface area contributed by atoms with E-state index >= 15 is 0 Å². The first-order valence-electron chi connectivity index (χ1n) is 6.76. The van der Waals surface area contributed by atoms with E-state index in [1.807, 2.05) is 0 Å². The number of aryl methyl sites for hydroxylation is 1. The van der Waals surface area contributed by atoms with E-state index in [0.29, 0.717) is 29.1 Å². The summed E-state index contributed by atoms with van der Waals surface area (Å²) in [6.45, 7) is 1.16. The minimum atomic E-state index is -4.93. The van der Waals surface area contributed by atoms with Crippen LogP contribution in [-0.2, 0) is 18.9 Å². The average Bonchev–Trinajstić information content (AvgIpc) is 2.92. The summed E-state index contributed by atoms with van der Waals surface area (Å²) in [6.07, 6.45) is -9.11. The zero-order valence-electron chi connectivity index (χ0n) is 12.5. The van der Waals surface area contributed by atoms with Crippen molar-refractivity contribution in [1.82, 2.24) is 9.78 Å². The number of halogens is 7. The second kappa shape index (κ2) is 6.37. The van der Waals surface area contributed by atoms with E-state index in [1.165, 1.54) is 6.92 Å². The number of hydrogen-bond donors (Lipinski definition) is 1. The van der Waals surface area contributed by atoms with Crippen LogP contribution in [0.2, 0.25) is 0 Å². The number of carbonyl (C=O) groups excluding carboxylic acids is 1. The van der Waals surface area contributed by atoms with E-state index < -0.39 is 46.6 Å². The van der Waals surface area contributed by atoms with E-state index in [1.54, 1.807) is 5.32 Å². The highest BCUT2D eigenvalue weighted by molar-refractivity contribution is 6.05. The molecule has 0 radical (unpaired) electrons. The van der Waals surface area contributed by atoms with Crippen molar-refractivity contribution in [3.8, 4) is 0 Å². The van der Waals surface area contributed by atoms with E-state index in [0.717, 1.165) is 0 Å². The lowest BCUT2D eigenvalue weighted by Gasteiger charge is -2.13. The van der Waals surface area contributed by atoms with Crippen molar-refractivity contribution in [1.29, 1.82) is 0 Å². The van der Waals surface area contributed by atoms with Crippen LogP contribution < -0.4 is 5.32 Å². The quantitative estimate of drug-likeness (QED) is 0.819. The summed E-state index contributed by atoms with van der Waals surface area (Å²) in [5, 5.41) is 5.13. The summed E-state index contributed by atoms with van der Waals surface area (Å²) in [5.74, 6) is -2.65. The molecule has 11 heteroatoms. The second-order valence-electron chi connectivity index (χ2n) is 4.87. The first-order chi connectivity index (χ1) is 11.4. The fraction of sp³-hybridized carbons (Fsp3) is 0.286. The van der Waals surface area contributed by atoms with E-state index in [2.05, 4.69) is 5.10 Å². The van der Waals surface area contributed by atoms with Gasteiger partial charge < -0.3 is 5.32 Å². The highest BCUT2D eigenvalue weighted by Gasteiger charge is 2.40. The number of hydrogen-bond acceptors (Lipinski definition) is 2. The van der Waals surface area contributed by atoms with Gasteiger partial charge in [-0.1, -0.05) is 0 Å². The molecular formula is C14H10F7N3O. The lowest BCUT2D eigenvalue weighted by atomic mass is 10.1. The van der Waals surface area contributed by atoms with Crippen molar-refractivity contribution in [2.24, 2.45) is 0 Å². The first kappa shape index (κ1) is 18.7. The van der Waals surface area contributed by atoms with Gasteiger partial charge in [-0.2, -0.15) is 31.4 Å². The number of rotatable bonds is 3. The molecule has 0 spiro atoms. The van der Waals surface area contributed by atoms with Gasteiger partial charge in [0, 0.05) is 6.54 Å². The molecule has 2 aromatic rings. The molecule has 0 aliphatic carbocycles. The molecule has 1 aromatic carbocycles. The smallest absolute Gasteiger partial charge is 0.319 e. The molecule has 25 heavy (non-hydrogen) atoms. The van der Waals surface area contributed by atoms with Crippen LogP contribution in [0.1, 0.15) is 28.5 Å². The van der Waals surface area contributed by atoms with Crippen molar-refractivity contribution >= 4 is 11.6 Å². The summed E-state index contributed by atoms with van der Waals surface area (Å²) >= 11 is 0. The molecule has 0 unspecified atom stereocenters. The van der Waals surface area contributed by atoms with Gasteiger partial charge in [0.15, 0.2) is 5.69 Å². The lowest BCUT2D eigenvalue weighted by Crippen LogP contribution is -2.21. The highest BCUT2D eigenvalue weighted by Crippen LogP contribution is 2.34. The molecule has 0 fully saturated rings. The molecule has 1 heterocycles. The minimum absolute atomic E-state index is 0.194. The van der Waals surface area contributed by atoms with Gasteiger partial charge in [-0.3, -0.25) is 9.48 Å². The van der Waals surface area contributed by atoms with Crippen LogP contribution >= 0.6 is 0 Å². The van der Waals surface area contributed by atoms with Gasteiger partial charge in [0.05, 0.1) is 23.0 Å². The second-order valence-corrected chi connectivity index (χ2v) is 4.87. The normalized spacial score (nSPS) is 12.3. The van der Waals surface area contributed by atoms with Crippen molar-refractivity contribution < 1.29 is 35.5 Å². The van der Waals surface area contributed by atoms with Crippen LogP contribution in [0, 0.1) is 5.82 Å². The van der Waals surface area contributed by atoms with E-state index in [9.17, 15) is 35.5 Å². The van der Waals surface area contributed by atoms with Gasteiger partial charge in [-0.15, -0.1) is 0 Å². The molecule has 0 aliphatic rings. The Labute approximate surface area is 136 Å². The Morgan fingerprint density at radius 3 is 2.32 bits per heavy atom. The highest BCUT2D eigenvalue weighted by atomic mass is 19.4. The van der Waals surface area contributed by atoms with Crippen molar-refractivity contribution in [2.75, 3.05) is 5.32 Å².